The minimum absolute atomic E-state index is 0.0161. The Kier molecular flexibility index (Phi) is 19.6. The van der Waals surface area contributed by atoms with Gasteiger partial charge in [-0.3, -0.25) is 4.79 Å². The normalized spacial score (nSPS) is 15.1. The minimum atomic E-state index is -4.79. The molecular formula is C50H85F3N4O7Si4. The van der Waals surface area contributed by atoms with Gasteiger partial charge in [0.15, 0.2) is 39.1 Å². The number of nitrogens with zero attached hydrogens (tertiary/aromatic N) is 2. The van der Waals surface area contributed by atoms with Gasteiger partial charge < -0.3 is 37.8 Å². The predicted molar refractivity (Wildman–Crippen MR) is 281 cm³/mol. The molecule has 0 saturated carbocycles. The molecule has 0 aliphatic rings. The molecule has 0 fully saturated rings. The molecule has 3 rings (SSSR count). The second-order valence-electron chi connectivity index (χ2n) is 24.1. The summed E-state index contributed by atoms with van der Waals surface area (Å²) in [4.78, 5) is 22.5. The Morgan fingerprint density at radius 1 is 0.588 bits per heavy atom. The molecule has 0 unspecified atom stereocenters. The summed E-state index contributed by atoms with van der Waals surface area (Å²) in [7, 11) is -10.2. The number of aromatic nitrogens is 2. The van der Waals surface area contributed by atoms with Crippen LogP contribution in [-0.4, -0.2) is 86.8 Å². The molecule has 68 heavy (non-hydrogen) atoms. The Bertz CT molecular complexity index is 2070. The van der Waals surface area contributed by atoms with Crippen LogP contribution in [0.1, 0.15) is 101 Å². The van der Waals surface area contributed by atoms with Gasteiger partial charge in [-0.05, 0) is 83.7 Å². The van der Waals surface area contributed by atoms with Crippen molar-refractivity contribution < 1.29 is 45.1 Å². The van der Waals surface area contributed by atoms with Crippen molar-refractivity contribution in [3.63, 3.8) is 0 Å². The van der Waals surface area contributed by atoms with E-state index in [0.29, 0.717) is 0 Å². The van der Waals surface area contributed by atoms with Crippen LogP contribution >= 0.6 is 0 Å². The molecule has 0 radical (unpaired) electrons. The molecule has 11 nitrogen and oxygen atoms in total. The number of nitrogens with one attached hydrogen (secondary N) is 2. The van der Waals surface area contributed by atoms with Crippen LogP contribution in [0.15, 0.2) is 60.7 Å². The van der Waals surface area contributed by atoms with E-state index in [0.717, 1.165) is 11.1 Å². The fraction of sp³-hybridized carbons (Fsp3) is 0.660. The predicted octanol–water partition coefficient (Wildman–Crippen LogP) is 14.1. The summed E-state index contributed by atoms with van der Waals surface area (Å²) in [5.41, 5.74) is 1.42. The lowest BCUT2D eigenvalue weighted by molar-refractivity contribution is -0.150. The van der Waals surface area contributed by atoms with E-state index in [1.807, 2.05) is 60.7 Å². The number of hydrogen-bond donors (Lipinski definition) is 2. The van der Waals surface area contributed by atoms with Crippen molar-refractivity contribution in [1.82, 2.24) is 9.97 Å². The molecule has 18 heteroatoms. The second kappa shape index (κ2) is 22.5. The molecule has 3 aromatic rings. The largest absolute Gasteiger partial charge is 0.471 e. The fourth-order valence-electron chi connectivity index (χ4n) is 5.79. The van der Waals surface area contributed by atoms with E-state index in [1.165, 1.54) is 0 Å². The van der Waals surface area contributed by atoms with Gasteiger partial charge in [0.1, 0.15) is 25.3 Å². The zero-order valence-electron chi connectivity index (χ0n) is 44.9. The first-order chi connectivity index (χ1) is 30.8. The Labute approximate surface area is 411 Å². The molecule has 0 aliphatic carbocycles. The second-order valence-corrected chi connectivity index (χ2v) is 43.1. The SMILES string of the molecule is CC(C)(C)[Si](C)(C)OC[C@@H](O[Si](C)(C)C(C)(C)C)[C@@H](O[Si](C)(C)C(C)(C)C)[C@H](CNc1nc(OCc2ccccc2)nc(OCc2ccccc2)c1NC(=O)CC(F)(F)F)O[Si](C)(C)C(C)(C)C. The Hall–Kier alpha value is -3.11. The van der Waals surface area contributed by atoms with Gasteiger partial charge in [-0.25, -0.2) is 0 Å². The summed E-state index contributed by atoms with van der Waals surface area (Å²) in [6, 6.07) is 18.5. The first kappa shape index (κ1) is 59.2. The number of anilines is 2. The van der Waals surface area contributed by atoms with Crippen LogP contribution in [0.2, 0.25) is 72.5 Å². The molecule has 2 aromatic carbocycles. The third-order valence-corrected chi connectivity index (χ3v) is 32.3. The van der Waals surface area contributed by atoms with E-state index < -0.39 is 70.1 Å². The Balaban J connectivity index is 2.40. The third-order valence-electron chi connectivity index (χ3n) is 14.3. The molecule has 0 saturated heterocycles. The Morgan fingerprint density at radius 2 is 1.01 bits per heavy atom. The highest BCUT2D eigenvalue weighted by molar-refractivity contribution is 6.75. The molecule has 1 amide bonds. The van der Waals surface area contributed by atoms with Gasteiger partial charge in [0.2, 0.25) is 11.8 Å². The molecule has 1 heterocycles. The zero-order valence-corrected chi connectivity index (χ0v) is 48.9. The van der Waals surface area contributed by atoms with Crippen molar-refractivity contribution >= 4 is 50.7 Å². The van der Waals surface area contributed by atoms with E-state index in [2.05, 4.69) is 151 Å². The van der Waals surface area contributed by atoms with Crippen LogP contribution in [0.25, 0.3) is 0 Å². The number of alkyl halides is 3. The molecule has 1 aromatic heterocycles. The minimum Gasteiger partial charge on any atom is -0.471 e. The molecule has 0 aliphatic heterocycles. The maximum absolute atomic E-state index is 13.8. The van der Waals surface area contributed by atoms with Gasteiger partial charge in [-0.2, -0.15) is 23.1 Å². The van der Waals surface area contributed by atoms with E-state index in [9.17, 15) is 18.0 Å². The van der Waals surface area contributed by atoms with Gasteiger partial charge >= 0.3 is 12.2 Å². The van der Waals surface area contributed by atoms with Crippen molar-refractivity contribution in [3.8, 4) is 11.9 Å². The summed E-state index contributed by atoms with van der Waals surface area (Å²) < 4.78 is 83.5. The number of carbonyl (C=O) groups is 1. The van der Waals surface area contributed by atoms with Gasteiger partial charge in [0.05, 0.1) is 24.9 Å². The quantitative estimate of drug-likeness (QED) is 0.0941. The molecular weight excluding hydrogens is 938 g/mol. The van der Waals surface area contributed by atoms with Crippen LogP contribution in [0.3, 0.4) is 0 Å². The average Bonchev–Trinajstić information content (AvgIpc) is 3.17. The van der Waals surface area contributed by atoms with E-state index >= 15 is 0 Å². The molecule has 2 N–H and O–H groups in total. The summed E-state index contributed by atoms with van der Waals surface area (Å²) in [5.74, 6) is -1.51. The maximum atomic E-state index is 13.8. The third kappa shape index (κ3) is 17.3. The van der Waals surface area contributed by atoms with Crippen LogP contribution in [0.5, 0.6) is 11.9 Å². The lowest BCUT2D eigenvalue weighted by Gasteiger charge is -2.49. The van der Waals surface area contributed by atoms with E-state index in [4.69, 9.17) is 32.2 Å². The molecule has 3 atom stereocenters. The Morgan fingerprint density at radius 3 is 1.46 bits per heavy atom. The number of amides is 1. The maximum Gasteiger partial charge on any atom is 0.397 e. The van der Waals surface area contributed by atoms with Crippen molar-refractivity contribution in [2.75, 3.05) is 23.8 Å². The van der Waals surface area contributed by atoms with Crippen molar-refractivity contribution in [3.05, 3.63) is 71.8 Å². The molecule has 384 valence electrons. The zero-order chi connectivity index (χ0) is 52.0. The highest BCUT2D eigenvalue weighted by Crippen LogP contribution is 2.45. The number of halogens is 3. The van der Waals surface area contributed by atoms with Crippen LogP contribution in [0, 0.1) is 0 Å². The van der Waals surface area contributed by atoms with Crippen LogP contribution in [-0.2, 0) is 35.7 Å². The average molecular weight is 1020 g/mol. The summed E-state index contributed by atoms with van der Waals surface area (Å²) in [5, 5.41) is 5.16. The number of carbonyl (C=O) groups excluding carboxylic acids is 1. The first-order valence-electron chi connectivity index (χ1n) is 23.8. The van der Waals surface area contributed by atoms with Gasteiger partial charge in [0, 0.05) is 6.54 Å². The number of hydrogen-bond acceptors (Lipinski definition) is 10. The van der Waals surface area contributed by atoms with E-state index in [-0.39, 0.29) is 69.9 Å². The van der Waals surface area contributed by atoms with Gasteiger partial charge in [-0.1, -0.05) is 144 Å². The number of benzene rings is 2. The summed E-state index contributed by atoms with van der Waals surface area (Å²) in [6.07, 6.45) is -8.56. The van der Waals surface area contributed by atoms with E-state index in [1.54, 1.807) is 0 Å². The monoisotopic (exact) mass is 1020 g/mol. The van der Waals surface area contributed by atoms with Crippen molar-refractivity contribution in [1.29, 1.82) is 0 Å². The van der Waals surface area contributed by atoms with Crippen molar-refractivity contribution in [2.24, 2.45) is 0 Å². The smallest absolute Gasteiger partial charge is 0.397 e. The fourth-order valence-corrected chi connectivity index (χ4v) is 10.8. The molecule has 0 spiro atoms. The van der Waals surface area contributed by atoms with Crippen LogP contribution < -0.4 is 20.1 Å². The van der Waals surface area contributed by atoms with Gasteiger partial charge in [0.25, 0.3) is 0 Å². The number of rotatable bonds is 22. The van der Waals surface area contributed by atoms with Crippen molar-refractivity contribution in [2.45, 2.75) is 200 Å². The highest BCUT2D eigenvalue weighted by atomic mass is 28.4. The first-order valence-corrected chi connectivity index (χ1v) is 35.4. The standard InChI is InChI=1S/C50H85F3N4O7Si4/c1-46(2,3)65(13,14)61-35-39(63-67(17,18)48(7,8)9)42(64-68(19,20)49(10,11)12)38(62-66(15,16)47(4,5)6)32-54-43-41(55-40(58)31-50(51,52)53)44(59-33-36-27-23-21-24-28-36)57-45(56-43)60-34-37-29-25-22-26-30-37/h21-30,38-39,42H,31-35H2,1-20H3,(H,55,58)(H,54,56,57)/t38-,39+,42-/m0/s1. The van der Waals surface area contributed by atoms with Gasteiger partial charge in [-0.15, -0.1) is 0 Å². The number of ether oxygens (including phenoxy) is 2. The summed E-state index contributed by atoms with van der Waals surface area (Å²) in [6.45, 7) is 44.4. The highest BCUT2D eigenvalue weighted by Gasteiger charge is 2.50. The molecule has 0 bridgehead atoms. The summed E-state index contributed by atoms with van der Waals surface area (Å²) >= 11 is 0. The topological polar surface area (TPSA) is 122 Å². The van der Waals surface area contributed by atoms with Crippen LogP contribution in [0.4, 0.5) is 24.7 Å². The lowest BCUT2D eigenvalue weighted by Crippen LogP contribution is -2.61. The lowest BCUT2D eigenvalue weighted by atomic mass is 10.1.